The fourth-order valence-electron chi connectivity index (χ4n) is 1.59. The average molecular weight is 367 g/mol. The van der Waals surface area contributed by atoms with E-state index < -0.39 is 11.8 Å². The van der Waals surface area contributed by atoms with Crippen molar-refractivity contribution >= 4 is 5.91 Å². The van der Waals surface area contributed by atoms with Crippen molar-refractivity contribution in [1.29, 1.82) is 0 Å². The lowest BCUT2D eigenvalue weighted by Gasteiger charge is -2.29. The third kappa shape index (κ3) is 15.2. The predicted molar refractivity (Wildman–Crippen MR) is 99.7 cm³/mol. The normalized spacial score (nSPS) is 12.5. The first-order valence-corrected chi connectivity index (χ1v) is 9.17. The van der Waals surface area contributed by atoms with Crippen LogP contribution < -0.4 is 10.6 Å². The fourth-order valence-corrected chi connectivity index (χ4v) is 1.59. The molecule has 1 amide bonds. The standard InChI is InChI=1S/C16H33FN2O4.C2H6/c1-13(2)15(20)19-12-14(17)16(3,4)23-11-10-22-9-8-21-7-6-18-5;1-2/h13-14,18H,6-12H2,1-5H3,(H,19,20);1-2H3. The van der Waals surface area contributed by atoms with Crippen molar-refractivity contribution in [3.8, 4) is 0 Å². The number of hydrogen-bond acceptors (Lipinski definition) is 5. The molecule has 0 aliphatic heterocycles. The Labute approximate surface area is 153 Å². The van der Waals surface area contributed by atoms with Crippen molar-refractivity contribution in [3.63, 3.8) is 0 Å². The van der Waals surface area contributed by atoms with E-state index >= 15 is 0 Å². The van der Waals surface area contributed by atoms with Crippen LogP contribution in [0.25, 0.3) is 0 Å². The van der Waals surface area contributed by atoms with Crippen LogP contribution in [0.1, 0.15) is 41.5 Å². The molecule has 7 heteroatoms. The highest BCUT2D eigenvalue weighted by atomic mass is 19.1. The molecule has 0 aliphatic rings. The molecule has 1 atom stereocenters. The molecule has 0 saturated heterocycles. The van der Waals surface area contributed by atoms with Gasteiger partial charge in [0.05, 0.1) is 45.2 Å². The van der Waals surface area contributed by atoms with Crippen LogP contribution in [0.2, 0.25) is 0 Å². The quantitative estimate of drug-likeness (QED) is 0.461. The van der Waals surface area contributed by atoms with Gasteiger partial charge >= 0.3 is 0 Å². The van der Waals surface area contributed by atoms with Gasteiger partial charge in [-0.15, -0.1) is 0 Å². The topological polar surface area (TPSA) is 68.8 Å². The van der Waals surface area contributed by atoms with E-state index in [1.165, 1.54) is 0 Å². The Morgan fingerprint density at radius 2 is 1.56 bits per heavy atom. The number of alkyl halides is 1. The van der Waals surface area contributed by atoms with E-state index in [4.69, 9.17) is 14.2 Å². The molecule has 6 nitrogen and oxygen atoms in total. The highest BCUT2D eigenvalue weighted by molar-refractivity contribution is 5.77. The van der Waals surface area contributed by atoms with E-state index in [2.05, 4.69) is 10.6 Å². The second-order valence-corrected chi connectivity index (χ2v) is 6.15. The first-order chi connectivity index (χ1) is 11.8. The summed E-state index contributed by atoms with van der Waals surface area (Å²) in [6.45, 7) is 14.0. The highest BCUT2D eigenvalue weighted by Crippen LogP contribution is 2.17. The van der Waals surface area contributed by atoms with E-state index in [-0.39, 0.29) is 18.4 Å². The summed E-state index contributed by atoms with van der Waals surface area (Å²) in [6, 6.07) is 0. The van der Waals surface area contributed by atoms with Crippen molar-refractivity contribution in [2.75, 3.05) is 53.2 Å². The van der Waals surface area contributed by atoms with Crippen LogP contribution in [0.15, 0.2) is 0 Å². The van der Waals surface area contributed by atoms with Crippen LogP contribution in [0, 0.1) is 5.92 Å². The molecular weight excluding hydrogens is 327 g/mol. The third-order valence-corrected chi connectivity index (χ3v) is 3.30. The maximum Gasteiger partial charge on any atom is 0.222 e. The SMILES string of the molecule is CC.CNCCOCCOCCOC(C)(C)C(F)CNC(=O)C(C)C. The third-order valence-electron chi connectivity index (χ3n) is 3.30. The lowest BCUT2D eigenvalue weighted by atomic mass is 10.0. The molecule has 152 valence electrons. The second kappa shape index (κ2) is 16.7. The first-order valence-electron chi connectivity index (χ1n) is 9.17. The van der Waals surface area contributed by atoms with Crippen LogP contribution in [-0.2, 0) is 19.0 Å². The van der Waals surface area contributed by atoms with Crippen molar-refractivity contribution < 1.29 is 23.4 Å². The Hall–Kier alpha value is -0.760. The Morgan fingerprint density at radius 3 is 2.08 bits per heavy atom. The highest BCUT2D eigenvalue weighted by Gasteiger charge is 2.30. The van der Waals surface area contributed by atoms with E-state index in [0.29, 0.717) is 33.0 Å². The van der Waals surface area contributed by atoms with Gasteiger partial charge in [0.25, 0.3) is 0 Å². The van der Waals surface area contributed by atoms with Gasteiger partial charge in [-0.05, 0) is 20.9 Å². The van der Waals surface area contributed by atoms with Gasteiger partial charge in [0.2, 0.25) is 5.91 Å². The Balaban J connectivity index is 0. The molecule has 0 bridgehead atoms. The number of hydrogen-bond donors (Lipinski definition) is 2. The van der Waals surface area contributed by atoms with Gasteiger partial charge in [0.15, 0.2) is 0 Å². The van der Waals surface area contributed by atoms with Gasteiger partial charge in [-0.3, -0.25) is 4.79 Å². The molecule has 0 fully saturated rings. The van der Waals surface area contributed by atoms with Crippen LogP contribution in [0.3, 0.4) is 0 Å². The number of amides is 1. The predicted octanol–water partition coefficient (Wildman–Crippen LogP) is 2.17. The number of ether oxygens (including phenoxy) is 3. The average Bonchev–Trinajstić information content (AvgIpc) is 2.59. The number of carbonyl (C=O) groups excluding carboxylic acids is 1. The Bertz CT molecular complexity index is 315. The minimum atomic E-state index is -1.28. The summed E-state index contributed by atoms with van der Waals surface area (Å²) in [5.41, 5.74) is -0.975. The largest absolute Gasteiger partial charge is 0.378 e. The maximum atomic E-state index is 14.1. The zero-order valence-corrected chi connectivity index (χ0v) is 17.1. The summed E-state index contributed by atoms with van der Waals surface area (Å²) >= 11 is 0. The van der Waals surface area contributed by atoms with Crippen molar-refractivity contribution in [2.24, 2.45) is 5.92 Å². The monoisotopic (exact) mass is 366 g/mol. The zero-order chi connectivity index (χ0) is 19.7. The summed E-state index contributed by atoms with van der Waals surface area (Å²) in [4.78, 5) is 11.4. The van der Waals surface area contributed by atoms with Crippen molar-refractivity contribution in [1.82, 2.24) is 10.6 Å². The van der Waals surface area contributed by atoms with Crippen LogP contribution in [-0.4, -0.2) is 70.9 Å². The number of carbonyl (C=O) groups is 1. The number of nitrogens with one attached hydrogen (secondary N) is 2. The lowest BCUT2D eigenvalue weighted by Crippen LogP contribution is -2.45. The lowest BCUT2D eigenvalue weighted by molar-refractivity contribution is -0.125. The first kappa shape index (κ1) is 26.5. The number of likely N-dealkylation sites (N-methyl/N-ethyl adjacent to an activating group) is 1. The summed E-state index contributed by atoms with van der Waals surface area (Å²) in [5.74, 6) is -0.319. The maximum absolute atomic E-state index is 14.1. The Kier molecular flexibility index (Phi) is 17.7. The van der Waals surface area contributed by atoms with Crippen LogP contribution >= 0.6 is 0 Å². The molecule has 0 aliphatic carbocycles. The van der Waals surface area contributed by atoms with E-state index in [1.54, 1.807) is 27.7 Å². The van der Waals surface area contributed by atoms with Gasteiger partial charge in [-0.2, -0.15) is 0 Å². The molecule has 0 rings (SSSR count). The molecule has 0 radical (unpaired) electrons. The van der Waals surface area contributed by atoms with E-state index in [0.717, 1.165) is 6.54 Å². The Morgan fingerprint density at radius 1 is 1.04 bits per heavy atom. The fraction of sp³-hybridized carbons (Fsp3) is 0.944. The molecule has 0 aromatic heterocycles. The molecule has 0 aromatic carbocycles. The smallest absolute Gasteiger partial charge is 0.222 e. The number of halogens is 1. The number of rotatable bonds is 14. The van der Waals surface area contributed by atoms with Gasteiger partial charge in [-0.25, -0.2) is 4.39 Å². The van der Waals surface area contributed by atoms with Gasteiger partial charge in [0, 0.05) is 12.5 Å². The summed E-state index contributed by atoms with van der Waals surface area (Å²) in [7, 11) is 1.87. The van der Waals surface area contributed by atoms with Gasteiger partial charge in [-0.1, -0.05) is 27.7 Å². The zero-order valence-electron chi connectivity index (χ0n) is 17.1. The minimum Gasteiger partial charge on any atom is -0.378 e. The van der Waals surface area contributed by atoms with Crippen molar-refractivity contribution in [3.05, 3.63) is 0 Å². The molecule has 0 saturated carbocycles. The van der Waals surface area contributed by atoms with Crippen LogP contribution in [0.5, 0.6) is 0 Å². The minimum absolute atomic E-state index is 0.0514. The summed E-state index contributed by atoms with van der Waals surface area (Å²) in [6.07, 6.45) is -1.28. The van der Waals surface area contributed by atoms with Crippen molar-refractivity contribution in [2.45, 2.75) is 53.3 Å². The molecule has 0 heterocycles. The van der Waals surface area contributed by atoms with Crippen LogP contribution in [0.4, 0.5) is 4.39 Å². The summed E-state index contributed by atoms with van der Waals surface area (Å²) < 4.78 is 30.3. The molecule has 25 heavy (non-hydrogen) atoms. The second-order valence-electron chi connectivity index (χ2n) is 6.15. The molecule has 0 aromatic rings. The molecule has 1 unspecified atom stereocenters. The molecule has 0 spiro atoms. The van der Waals surface area contributed by atoms with Gasteiger partial charge in [0.1, 0.15) is 6.17 Å². The summed E-state index contributed by atoms with van der Waals surface area (Å²) in [5, 5.41) is 5.56. The molecule has 2 N–H and O–H groups in total. The van der Waals surface area contributed by atoms with E-state index in [9.17, 15) is 9.18 Å². The van der Waals surface area contributed by atoms with E-state index in [1.807, 2.05) is 20.9 Å². The van der Waals surface area contributed by atoms with Gasteiger partial charge < -0.3 is 24.8 Å². The molecular formula is C18H39FN2O4.